The molecular weight excluding hydrogens is 370 g/mol. The summed E-state index contributed by atoms with van der Waals surface area (Å²) < 4.78 is 0. The highest BCUT2D eigenvalue weighted by Crippen LogP contribution is 2.19. The van der Waals surface area contributed by atoms with E-state index in [4.69, 9.17) is 0 Å². The van der Waals surface area contributed by atoms with Crippen molar-refractivity contribution in [2.24, 2.45) is 0 Å². The van der Waals surface area contributed by atoms with Gasteiger partial charge in [-0.1, -0.05) is 72.8 Å². The van der Waals surface area contributed by atoms with E-state index in [0.29, 0.717) is 0 Å². The van der Waals surface area contributed by atoms with Crippen LogP contribution in [0.25, 0.3) is 6.08 Å². The van der Waals surface area contributed by atoms with Crippen LogP contribution < -0.4 is 9.80 Å². The first-order valence-corrected chi connectivity index (χ1v) is 10.5. The lowest BCUT2D eigenvalue weighted by Gasteiger charge is -2.35. The third-order valence-electron chi connectivity index (χ3n) is 5.46. The van der Waals surface area contributed by atoms with Crippen molar-refractivity contribution in [3.63, 3.8) is 0 Å². The molecule has 0 radical (unpaired) electrons. The van der Waals surface area contributed by atoms with Crippen LogP contribution in [0.5, 0.6) is 0 Å². The molecule has 0 saturated carbocycles. The second kappa shape index (κ2) is 10.0. The SMILES string of the molecule is CN(Cc1ccccc1)c1cc(N2CCN(C/C=C/c3ccccc3)CC2)ncn1. The molecule has 5 nitrogen and oxygen atoms in total. The molecule has 5 heteroatoms. The maximum Gasteiger partial charge on any atom is 0.134 e. The van der Waals surface area contributed by atoms with Gasteiger partial charge in [0.2, 0.25) is 0 Å². The van der Waals surface area contributed by atoms with Gasteiger partial charge >= 0.3 is 0 Å². The lowest BCUT2D eigenvalue weighted by atomic mass is 10.2. The molecule has 1 fully saturated rings. The largest absolute Gasteiger partial charge is 0.355 e. The summed E-state index contributed by atoms with van der Waals surface area (Å²) in [5.74, 6) is 1.97. The molecule has 2 aromatic carbocycles. The van der Waals surface area contributed by atoms with E-state index in [1.54, 1.807) is 6.33 Å². The topological polar surface area (TPSA) is 35.5 Å². The molecule has 1 saturated heterocycles. The third kappa shape index (κ3) is 5.45. The minimum Gasteiger partial charge on any atom is -0.355 e. The van der Waals surface area contributed by atoms with Crippen LogP contribution in [0.2, 0.25) is 0 Å². The molecule has 3 aromatic rings. The molecule has 0 unspecified atom stereocenters. The zero-order valence-corrected chi connectivity index (χ0v) is 17.6. The zero-order valence-electron chi connectivity index (χ0n) is 17.6. The van der Waals surface area contributed by atoms with Crippen molar-refractivity contribution in [3.8, 4) is 0 Å². The Labute approximate surface area is 179 Å². The highest BCUT2D eigenvalue weighted by molar-refractivity contribution is 5.51. The van der Waals surface area contributed by atoms with E-state index in [1.807, 2.05) is 6.07 Å². The van der Waals surface area contributed by atoms with E-state index in [1.165, 1.54) is 11.1 Å². The molecule has 1 aliphatic heterocycles. The number of anilines is 2. The number of hydrogen-bond donors (Lipinski definition) is 0. The Kier molecular flexibility index (Phi) is 6.72. The van der Waals surface area contributed by atoms with Crippen LogP contribution in [0, 0.1) is 0 Å². The lowest BCUT2D eigenvalue weighted by Crippen LogP contribution is -2.46. The highest BCUT2D eigenvalue weighted by atomic mass is 15.3. The zero-order chi connectivity index (χ0) is 20.6. The summed E-state index contributed by atoms with van der Waals surface area (Å²) in [7, 11) is 2.08. The molecule has 4 rings (SSSR count). The van der Waals surface area contributed by atoms with Crippen LogP contribution in [-0.2, 0) is 6.54 Å². The molecule has 0 atom stereocenters. The van der Waals surface area contributed by atoms with Gasteiger partial charge in [-0.2, -0.15) is 0 Å². The van der Waals surface area contributed by atoms with Crippen LogP contribution in [0.15, 0.2) is 79.1 Å². The molecule has 30 heavy (non-hydrogen) atoms. The second-order valence-corrected chi connectivity index (χ2v) is 7.68. The van der Waals surface area contributed by atoms with Gasteiger partial charge in [-0.3, -0.25) is 4.90 Å². The molecule has 1 aromatic heterocycles. The van der Waals surface area contributed by atoms with E-state index in [0.717, 1.165) is 50.9 Å². The summed E-state index contributed by atoms with van der Waals surface area (Å²) in [6.45, 7) is 5.86. The molecule has 0 amide bonds. The summed E-state index contributed by atoms with van der Waals surface area (Å²) in [4.78, 5) is 16.0. The molecule has 0 spiro atoms. The van der Waals surface area contributed by atoms with Crippen molar-refractivity contribution in [2.75, 3.05) is 49.6 Å². The van der Waals surface area contributed by atoms with Gasteiger partial charge in [0.1, 0.15) is 18.0 Å². The summed E-state index contributed by atoms with van der Waals surface area (Å²) in [5, 5.41) is 0. The van der Waals surface area contributed by atoms with Crippen LogP contribution in [-0.4, -0.2) is 54.6 Å². The van der Waals surface area contributed by atoms with Crippen LogP contribution in [0.3, 0.4) is 0 Å². The number of piperazine rings is 1. The second-order valence-electron chi connectivity index (χ2n) is 7.68. The third-order valence-corrected chi connectivity index (χ3v) is 5.46. The van der Waals surface area contributed by atoms with E-state index < -0.39 is 0 Å². The first kappa shape index (κ1) is 20.1. The summed E-state index contributed by atoms with van der Waals surface area (Å²) in [6, 6.07) is 23.1. The summed E-state index contributed by atoms with van der Waals surface area (Å²) >= 11 is 0. The fourth-order valence-electron chi connectivity index (χ4n) is 3.72. The average molecular weight is 400 g/mol. The minimum atomic E-state index is 0.832. The Balaban J connectivity index is 1.30. The van der Waals surface area contributed by atoms with Gasteiger partial charge in [-0.05, 0) is 11.1 Å². The van der Waals surface area contributed by atoms with Crippen molar-refractivity contribution >= 4 is 17.7 Å². The Morgan fingerprint density at radius 3 is 2.33 bits per heavy atom. The average Bonchev–Trinajstić information content (AvgIpc) is 2.81. The van der Waals surface area contributed by atoms with Gasteiger partial charge in [0.25, 0.3) is 0 Å². The maximum absolute atomic E-state index is 4.54. The monoisotopic (exact) mass is 399 g/mol. The quantitative estimate of drug-likeness (QED) is 0.601. The van der Waals surface area contributed by atoms with Crippen molar-refractivity contribution in [2.45, 2.75) is 6.54 Å². The number of nitrogens with zero attached hydrogens (tertiary/aromatic N) is 5. The summed E-state index contributed by atoms with van der Waals surface area (Å²) in [5.41, 5.74) is 2.53. The lowest BCUT2D eigenvalue weighted by molar-refractivity contribution is 0.283. The van der Waals surface area contributed by atoms with Crippen molar-refractivity contribution in [1.29, 1.82) is 0 Å². The Hall–Kier alpha value is -3.18. The highest BCUT2D eigenvalue weighted by Gasteiger charge is 2.18. The van der Waals surface area contributed by atoms with E-state index in [2.05, 4.69) is 105 Å². The standard InChI is InChI=1S/C25H29N5/c1-28(20-23-11-6-3-7-12-23)24-19-25(27-21-26-24)30-17-15-29(16-18-30)14-8-13-22-9-4-2-5-10-22/h2-13,19,21H,14-18,20H2,1H3/b13-8+. The molecule has 0 N–H and O–H groups in total. The molecule has 154 valence electrons. The van der Waals surface area contributed by atoms with E-state index in [9.17, 15) is 0 Å². The van der Waals surface area contributed by atoms with Gasteiger partial charge in [-0.15, -0.1) is 0 Å². The number of aromatic nitrogens is 2. The van der Waals surface area contributed by atoms with Crippen LogP contribution >= 0.6 is 0 Å². The molecular formula is C25H29N5. The first-order valence-electron chi connectivity index (χ1n) is 10.5. The Morgan fingerprint density at radius 1 is 0.900 bits per heavy atom. The fraction of sp³-hybridized carbons (Fsp3) is 0.280. The van der Waals surface area contributed by atoms with Crippen molar-refractivity contribution < 1.29 is 0 Å². The predicted molar refractivity (Wildman–Crippen MR) is 125 cm³/mol. The van der Waals surface area contributed by atoms with E-state index in [-0.39, 0.29) is 0 Å². The van der Waals surface area contributed by atoms with Gasteiger partial charge in [0, 0.05) is 52.4 Å². The van der Waals surface area contributed by atoms with Crippen molar-refractivity contribution in [3.05, 3.63) is 90.3 Å². The van der Waals surface area contributed by atoms with Crippen molar-refractivity contribution in [1.82, 2.24) is 14.9 Å². The predicted octanol–water partition coefficient (Wildman–Crippen LogP) is 3.95. The molecule has 0 aliphatic carbocycles. The molecule has 1 aliphatic rings. The maximum atomic E-state index is 4.54. The fourth-order valence-corrected chi connectivity index (χ4v) is 3.72. The van der Waals surface area contributed by atoms with Gasteiger partial charge in [0.05, 0.1) is 0 Å². The smallest absolute Gasteiger partial charge is 0.134 e. The van der Waals surface area contributed by atoms with Crippen LogP contribution in [0.1, 0.15) is 11.1 Å². The Morgan fingerprint density at radius 2 is 1.60 bits per heavy atom. The first-order chi connectivity index (χ1) is 14.8. The van der Waals surface area contributed by atoms with Gasteiger partial charge in [0.15, 0.2) is 0 Å². The number of rotatable bonds is 7. The summed E-state index contributed by atoms with van der Waals surface area (Å²) in [6.07, 6.45) is 6.14. The minimum absolute atomic E-state index is 0.832. The van der Waals surface area contributed by atoms with Gasteiger partial charge in [-0.25, -0.2) is 9.97 Å². The number of benzene rings is 2. The van der Waals surface area contributed by atoms with Gasteiger partial charge < -0.3 is 9.80 Å². The Bertz CT molecular complexity index is 934. The van der Waals surface area contributed by atoms with Crippen LogP contribution in [0.4, 0.5) is 11.6 Å². The van der Waals surface area contributed by atoms with E-state index >= 15 is 0 Å². The number of hydrogen-bond acceptors (Lipinski definition) is 5. The molecule has 2 heterocycles. The molecule has 0 bridgehead atoms. The normalized spacial score (nSPS) is 14.9.